The van der Waals surface area contributed by atoms with Gasteiger partial charge in [0.1, 0.15) is 24.0 Å². The summed E-state index contributed by atoms with van der Waals surface area (Å²) in [5.74, 6) is 1.24. The number of ether oxygens (including phenoxy) is 2. The predicted octanol–water partition coefficient (Wildman–Crippen LogP) is 2.17. The van der Waals surface area contributed by atoms with Gasteiger partial charge in [0.2, 0.25) is 5.88 Å². The lowest BCUT2D eigenvalue weighted by Crippen LogP contribution is -2.15. The van der Waals surface area contributed by atoms with E-state index in [2.05, 4.69) is 4.98 Å². The number of nitrogens with zero attached hydrogens (tertiary/aromatic N) is 1. The fraction of sp³-hybridized carbons (Fsp3) is 0.143. The molecule has 0 unspecified atom stereocenters. The van der Waals surface area contributed by atoms with Gasteiger partial charge in [-0.3, -0.25) is 0 Å². The van der Waals surface area contributed by atoms with Crippen molar-refractivity contribution in [2.75, 3.05) is 13.2 Å². The van der Waals surface area contributed by atoms with E-state index in [1.165, 1.54) is 0 Å². The molecule has 2 rings (SSSR count). The zero-order valence-electron chi connectivity index (χ0n) is 10.3. The molecule has 0 aliphatic rings. The Balaban J connectivity index is 1.85. The molecule has 1 heterocycles. The minimum Gasteiger partial charge on any atom is -0.490 e. The van der Waals surface area contributed by atoms with Crippen molar-refractivity contribution >= 4 is 17.2 Å². The third-order valence-corrected chi connectivity index (χ3v) is 2.59. The first-order valence-corrected chi connectivity index (χ1v) is 6.23. The molecule has 2 aromatic rings. The largest absolute Gasteiger partial charge is 0.490 e. The van der Waals surface area contributed by atoms with Crippen LogP contribution in [-0.4, -0.2) is 23.2 Å². The van der Waals surface area contributed by atoms with Crippen molar-refractivity contribution in [3.63, 3.8) is 0 Å². The van der Waals surface area contributed by atoms with Crippen LogP contribution in [0.5, 0.6) is 11.6 Å². The minimum atomic E-state index is 0.270. The predicted molar refractivity (Wildman–Crippen MR) is 77.6 cm³/mol. The molecule has 0 saturated heterocycles. The summed E-state index contributed by atoms with van der Waals surface area (Å²) in [6, 6.07) is 13.1. The maximum Gasteiger partial charge on any atom is 0.223 e. The van der Waals surface area contributed by atoms with Crippen LogP contribution in [0.3, 0.4) is 0 Å². The van der Waals surface area contributed by atoms with Crippen molar-refractivity contribution in [1.29, 1.82) is 0 Å². The first-order valence-electron chi connectivity index (χ1n) is 5.83. The van der Waals surface area contributed by atoms with Crippen molar-refractivity contribution in [2.45, 2.75) is 0 Å². The van der Waals surface area contributed by atoms with Gasteiger partial charge in [-0.2, -0.15) is 0 Å². The second-order valence-electron chi connectivity index (χ2n) is 3.73. The average molecular weight is 274 g/mol. The molecule has 19 heavy (non-hydrogen) atoms. The van der Waals surface area contributed by atoms with Gasteiger partial charge in [-0.05, 0) is 24.3 Å². The summed E-state index contributed by atoms with van der Waals surface area (Å²) in [6.07, 6.45) is 1.63. The van der Waals surface area contributed by atoms with Crippen LogP contribution < -0.4 is 15.2 Å². The lowest BCUT2D eigenvalue weighted by atomic mass is 10.3. The van der Waals surface area contributed by atoms with E-state index in [1.54, 1.807) is 18.3 Å². The Morgan fingerprint density at radius 2 is 1.79 bits per heavy atom. The average Bonchev–Trinajstić information content (AvgIpc) is 2.45. The fourth-order valence-corrected chi connectivity index (χ4v) is 1.66. The third-order valence-electron chi connectivity index (χ3n) is 2.37. The number of benzene rings is 1. The molecule has 5 heteroatoms. The zero-order chi connectivity index (χ0) is 13.5. The van der Waals surface area contributed by atoms with Gasteiger partial charge in [-0.25, -0.2) is 4.98 Å². The number of pyridine rings is 1. The van der Waals surface area contributed by atoms with Gasteiger partial charge in [-0.1, -0.05) is 30.4 Å². The normalized spacial score (nSPS) is 9.89. The molecule has 0 aliphatic carbocycles. The maximum atomic E-state index is 5.59. The Labute approximate surface area is 117 Å². The summed E-state index contributed by atoms with van der Waals surface area (Å²) in [5, 5.41) is 0. The molecule has 0 spiro atoms. The molecule has 1 aromatic carbocycles. The molecule has 2 N–H and O–H groups in total. The van der Waals surface area contributed by atoms with Crippen LogP contribution in [0.25, 0.3) is 0 Å². The summed E-state index contributed by atoms with van der Waals surface area (Å²) in [5.41, 5.74) is 6.23. The molecule has 0 radical (unpaired) electrons. The van der Waals surface area contributed by atoms with E-state index in [9.17, 15) is 0 Å². The van der Waals surface area contributed by atoms with Crippen molar-refractivity contribution in [3.05, 3.63) is 54.2 Å². The van der Waals surface area contributed by atoms with E-state index in [-0.39, 0.29) is 4.99 Å². The number of rotatable bonds is 6. The molecular formula is C14H14N2O2S. The minimum absolute atomic E-state index is 0.270. The van der Waals surface area contributed by atoms with Crippen LogP contribution in [0.15, 0.2) is 48.7 Å². The Hall–Kier alpha value is -2.14. The van der Waals surface area contributed by atoms with Crippen LogP contribution in [0.1, 0.15) is 5.56 Å². The number of hydrogen-bond donors (Lipinski definition) is 1. The summed E-state index contributed by atoms with van der Waals surface area (Å²) in [6.45, 7) is 0.804. The molecule has 0 aliphatic heterocycles. The van der Waals surface area contributed by atoms with E-state index >= 15 is 0 Å². The summed E-state index contributed by atoms with van der Waals surface area (Å²) in [4.78, 5) is 4.37. The molecule has 0 saturated carbocycles. The number of thiocarbonyl (C=S) groups is 1. The van der Waals surface area contributed by atoms with Crippen LogP contribution >= 0.6 is 12.2 Å². The summed E-state index contributed by atoms with van der Waals surface area (Å²) in [7, 11) is 0. The highest BCUT2D eigenvalue weighted by Crippen LogP contribution is 2.14. The molecule has 0 bridgehead atoms. The van der Waals surface area contributed by atoms with Crippen molar-refractivity contribution in [1.82, 2.24) is 4.98 Å². The second-order valence-corrected chi connectivity index (χ2v) is 4.17. The lowest BCUT2D eigenvalue weighted by molar-refractivity contribution is 0.211. The topological polar surface area (TPSA) is 57.4 Å². The van der Waals surface area contributed by atoms with E-state index in [0.717, 1.165) is 5.75 Å². The molecule has 1 aromatic heterocycles. The molecule has 0 atom stereocenters. The number of hydrogen-bond acceptors (Lipinski definition) is 4. The van der Waals surface area contributed by atoms with E-state index in [4.69, 9.17) is 27.4 Å². The van der Waals surface area contributed by atoms with Crippen molar-refractivity contribution < 1.29 is 9.47 Å². The smallest absolute Gasteiger partial charge is 0.223 e. The highest BCUT2D eigenvalue weighted by Gasteiger charge is 2.06. The first-order chi connectivity index (χ1) is 9.27. The SMILES string of the molecule is NC(=S)c1cccnc1OCCOc1ccccc1. The van der Waals surface area contributed by atoms with Crippen molar-refractivity contribution in [2.24, 2.45) is 5.73 Å². The summed E-state index contributed by atoms with van der Waals surface area (Å²) >= 11 is 4.93. The van der Waals surface area contributed by atoms with Crippen LogP contribution in [0, 0.1) is 0 Å². The summed E-state index contributed by atoms with van der Waals surface area (Å²) < 4.78 is 11.0. The third kappa shape index (κ3) is 3.93. The van der Waals surface area contributed by atoms with Gasteiger partial charge in [-0.15, -0.1) is 0 Å². The van der Waals surface area contributed by atoms with Gasteiger partial charge in [0.25, 0.3) is 0 Å². The highest BCUT2D eigenvalue weighted by molar-refractivity contribution is 7.80. The van der Waals surface area contributed by atoms with Crippen molar-refractivity contribution in [3.8, 4) is 11.6 Å². The lowest BCUT2D eigenvalue weighted by Gasteiger charge is -2.10. The Morgan fingerprint density at radius 3 is 2.53 bits per heavy atom. The quantitative estimate of drug-likeness (QED) is 0.646. The van der Waals surface area contributed by atoms with Gasteiger partial charge < -0.3 is 15.2 Å². The van der Waals surface area contributed by atoms with Gasteiger partial charge in [0.15, 0.2) is 0 Å². The van der Waals surface area contributed by atoms with E-state index < -0.39 is 0 Å². The van der Waals surface area contributed by atoms with Gasteiger partial charge >= 0.3 is 0 Å². The molecule has 98 valence electrons. The maximum absolute atomic E-state index is 5.59. The Morgan fingerprint density at radius 1 is 1.05 bits per heavy atom. The Bertz CT molecular complexity index is 546. The number of aromatic nitrogens is 1. The van der Waals surface area contributed by atoms with Crippen LogP contribution in [0.4, 0.5) is 0 Å². The van der Waals surface area contributed by atoms with Crippen LogP contribution in [-0.2, 0) is 0 Å². The zero-order valence-corrected chi connectivity index (χ0v) is 11.1. The highest BCUT2D eigenvalue weighted by atomic mass is 32.1. The second kappa shape index (κ2) is 6.70. The molecule has 4 nitrogen and oxygen atoms in total. The Kier molecular flexibility index (Phi) is 4.69. The number of para-hydroxylation sites is 1. The fourth-order valence-electron chi connectivity index (χ4n) is 1.51. The molecule has 0 fully saturated rings. The standard InChI is InChI=1S/C14H14N2O2S/c15-13(19)12-7-4-8-16-14(12)18-10-9-17-11-5-2-1-3-6-11/h1-8H,9-10H2,(H2,15,19). The molecule has 0 amide bonds. The number of nitrogens with two attached hydrogens (primary N) is 1. The first kappa shape index (κ1) is 13.3. The van der Waals surface area contributed by atoms with Gasteiger partial charge in [0, 0.05) is 6.20 Å². The van der Waals surface area contributed by atoms with Crippen LogP contribution in [0.2, 0.25) is 0 Å². The van der Waals surface area contributed by atoms with E-state index in [0.29, 0.717) is 24.7 Å². The van der Waals surface area contributed by atoms with Gasteiger partial charge in [0.05, 0.1) is 5.56 Å². The molecular weight excluding hydrogens is 260 g/mol. The monoisotopic (exact) mass is 274 g/mol. The van der Waals surface area contributed by atoms with E-state index in [1.807, 2.05) is 30.3 Å².